The van der Waals surface area contributed by atoms with E-state index in [2.05, 4.69) is 127 Å². The van der Waals surface area contributed by atoms with Crippen molar-refractivity contribution in [3.63, 3.8) is 0 Å². The van der Waals surface area contributed by atoms with Crippen LogP contribution in [0, 0.1) is 0 Å². The van der Waals surface area contributed by atoms with E-state index in [1.165, 1.54) is 22.1 Å². The smallest absolute Gasteiger partial charge is 0.119 e. The van der Waals surface area contributed by atoms with Crippen molar-refractivity contribution >= 4 is 10.8 Å². The molecule has 0 aromatic heterocycles. The molecule has 0 aliphatic rings. The number of hydrogen-bond donors (Lipinski definition) is 1. The van der Waals surface area contributed by atoms with Crippen molar-refractivity contribution in [2.24, 2.45) is 5.73 Å². The van der Waals surface area contributed by atoms with Crippen molar-refractivity contribution < 1.29 is 4.74 Å². The molecule has 0 fully saturated rings. The summed E-state index contributed by atoms with van der Waals surface area (Å²) in [4.78, 5) is 0. The maximum atomic E-state index is 6.37. The summed E-state index contributed by atoms with van der Waals surface area (Å²) < 4.78 is 6.37. The normalized spacial score (nSPS) is 11.4. The minimum Gasteiger partial charge on any atom is -0.494 e. The minimum atomic E-state index is -0.309. The van der Waals surface area contributed by atoms with E-state index in [1.54, 1.807) is 0 Å². The van der Waals surface area contributed by atoms with Crippen LogP contribution in [-0.2, 0) is 12.0 Å². The number of nitrogens with two attached hydrogens (primary N) is 1. The Kier molecular flexibility index (Phi) is 6.42. The molecule has 0 saturated carbocycles. The summed E-state index contributed by atoms with van der Waals surface area (Å²) in [5.41, 5.74) is 10.4. The van der Waals surface area contributed by atoms with Crippen molar-refractivity contribution in [1.82, 2.24) is 0 Å². The first-order chi connectivity index (χ1) is 16.8. The molecule has 0 saturated heterocycles. The van der Waals surface area contributed by atoms with Crippen LogP contribution < -0.4 is 10.5 Å². The Labute approximate surface area is 201 Å². The van der Waals surface area contributed by atoms with Crippen molar-refractivity contribution in [2.45, 2.75) is 18.4 Å². The molecule has 0 atom stereocenters. The Morgan fingerprint density at radius 1 is 0.559 bits per heavy atom. The molecule has 5 aromatic rings. The SMILES string of the molecule is NCc1ccc2cc(OCCC(c3ccccc3)(c3ccccc3)c3ccccc3)ccc2c1. The third kappa shape index (κ3) is 4.33. The Morgan fingerprint density at radius 2 is 1.06 bits per heavy atom. The van der Waals surface area contributed by atoms with Crippen LogP contribution in [0.5, 0.6) is 5.75 Å². The highest BCUT2D eigenvalue weighted by atomic mass is 16.5. The summed E-state index contributed by atoms with van der Waals surface area (Å²) in [6.07, 6.45) is 0.815. The van der Waals surface area contributed by atoms with Crippen LogP contribution in [0.2, 0.25) is 0 Å². The lowest BCUT2D eigenvalue weighted by Gasteiger charge is -2.36. The quantitative estimate of drug-likeness (QED) is 0.260. The lowest BCUT2D eigenvalue weighted by Crippen LogP contribution is -2.31. The number of fused-ring (bicyclic) bond motifs is 1. The maximum Gasteiger partial charge on any atom is 0.119 e. The first kappa shape index (κ1) is 21.9. The second-order valence-electron chi connectivity index (χ2n) is 8.65. The van der Waals surface area contributed by atoms with Crippen LogP contribution >= 0.6 is 0 Å². The molecular weight excluding hydrogens is 414 g/mol. The third-order valence-corrected chi connectivity index (χ3v) is 6.66. The fourth-order valence-electron chi connectivity index (χ4n) is 4.91. The van der Waals surface area contributed by atoms with Gasteiger partial charge < -0.3 is 10.5 Å². The minimum absolute atomic E-state index is 0.309. The molecule has 0 spiro atoms. The van der Waals surface area contributed by atoms with Gasteiger partial charge in [0.1, 0.15) is 5.75 Å². The van der Waals surface area contributed by atoms with E-state index in [0.29, 0.717) is 13.2 Å². The van der Waals surface area contributed by atoms with Crippen LogP contribution in [0.4, 0.5) is 0 Å². The van der Waals surface area contributed by atoms with E-state index in [9.17, 15) is 0 Å². The highest BCUT2D eigenvalue weighted by Crippen LogP contribution is 2.42. The van der Waals surface area contributed by atoms with Gasteiger partial charge in [-0.2, -0.15) is 0 Å². The molecule has 0 radical (unpaired) electrons. The predicted octanol–water partition coefficient (Wildman–Crippen LogP) is 7.10. The van der Waals surface area contributed by atoms with Crippen molar-refractivity contribution in [3.05, 3.63) is 150 Å². The fourth-order valence-corrected chi connectivity index (χ4v) is 4.91. The van der Waals surface area contributed by atoms with Gasteiger partial charge in [0.2, 0.25) is 0 Å². The molecule has 0 aliphatic heterocycles. The van der Waals surface area contributed by atoms with E-state index in [-0.39, 0.29) is 5.41 Å². The van der Waals surface area contributed by atoms with E-state index in [0.717, 1.165) is 23.1 Å². The van der Waals surface area contributed by atoms with Gasteiger partial charge >= 0.3 is 0 Å². The van der Waals surface area contributed by atoms with Crippen LogP contribution in [0.3, 0.4) is 0 Å². The van der Waals surface area contributed by atoms with Crippen molar-refractivity contribution in [3.8, 4) is 5.75 Å². The average molecular weight is 444 g/mol. The molecule has 2 N–H and O–H groups in total. The molecular formula is C32H29NO. The topological polar surface area (TPSA) is 35.2 Å². The molecule has 5 aromatic carbocycles. The lowest BCUT2D eigenvalue weighted by molar-refractivity contribution is 0.287. The lowest BCUT2D eigenvalue weighted by atomic mass is 9.67. The molecule has 2 heteroatoms. The van der Waals surface area contributed by atoms with E-state index in [1.807, 2.05) is 0 Å². The van der Waals surface area contributed by atoms with E-state index in [4.69, 9.17) is 10.5 Å². The summed E-state index contributed by atoms with van der Waals surface area (Å²) in [5.74, 6) is 0.885. The molecule has 0 heterocycles. The largest absolute Gasteiger partial charge is 0.494 e. The molecule has 0 unspecified atom stereocenters. The van der Waals surface area contributed by atoms with Crippen molar-refractivity contribution in [2.75, 3.05) is 6.61 Å². The summed E-state index contributed by atoms with van der Waals surface area (Å²) in [5, 5.41) is 2.35. The number of hydrogen-bond acceptors (Lipinski definition) is 2. The second-order valence-corrected chi connectivity index (χ2v) is 8.65. The second kappa shape index (κ2) is 9.94. The molecule has 0 bridgehead atoms. The molecule has 0 amide bonds. The van der Waals surface area contributed by atoms with Gasteiger partial charge in [-0.1, -0.05) is 109 Å². The molecule has 34 heavy (non-hydrogen) atoms. The predicted molar refractivity (Wildman–Crippen MR) is 141 cm³/mol. The van der Waals surface area contributed by atoms with Gasteiger partial charge in [0.25, 0.3) is 0 Å². The van der Waals surface area contributed by atoms with Crippen LogP contribution in [0.1, 0.15) is 28.7 Å². The van der Waals surface area contributed by atoms with Gasteiger partial charge in [-0.05, 0) is 57.6 Å². The highest BCUT2D eigenvalue weighted by Gasteiger charge is 2.36. The first-order valence-electron chi connectivity index (χ1n) is 11.8. The zero-order chi connectivity index (χ0) is 23.2. The Hall–Kier alpha value is -3.88. The molecule has 168 valence electrons. The van der Waals surface area contributed by atoms with Gasteiger partial charge in [0, 0.05) is 12.0 Å². The van der Waals surface area contributed by atoms with Gasteiger partial charge in [0.15, 0.2) is 0 Å². The fraction of sp³-hybridized carbons (Fsp3) is 0.125. The summed E-state index contributed by atoms with van der Waals surface area (Å²) in [7, 11) is 0. The average Bonchev–Trinajstić information content (AvgIpc) is 2.92. The standard InChI is InChI=1S/C32H29NO/c33-24-25-16-17-27-23-31(19-18-26(27)22-25)34-21-20-32(28-10-4-1-5-11-28,29-12-6-2-7-13-29)30-14-8-3-9-15-30/h1-19,22-23H,20-21,24,33H2. The molecule has 5 rings (SSSR count). The first-order valence-corrected chi connectivity index (χ1v) is 11.8. The third-order valence-electron chi connectivity index (χ3n) is 6.66. The Balaban J connectivity index is 1.50. The number of rotatable bonds is 8. The highest BCUT2D eigenvalue weighted by molar-refractivity contribution is 5.84. The maximum absolute atomic E-state index is 6.37. The number of benzene rings is 5. The van der Waals surface area contributed by atoms with E-state index >= 15 is 0 Å². The Morgan fingerprint density at radius 3 is 1.59 bits per heavy atom. The summed E-state index contributed by atoms with van der Waals surface area (Å²) in [6.45, 7) is 1.14. The van der Waals surface area contributed by atoms with Crippen molar-refractivity contribution in [1.29, 1.82) is 0 Å². The van der Waals surface area contributed by atoms with Gasteiger partial charge in [0.05, 0.1) is 6.61 Å². The van der Waals surface area contributed by atoms with Gasteiger partial charge in [-0.3, -0.25) is 0 Å². The molecule has 0 aliphatic carbocycles. The summed E-state index contributed by atoms with van der Waals surface area (Å²) in [6, 6.07) is 44.9. The zero-order valence-corrected chi connectivity index (χ0v) is 19.2. The van der Waals surface area contributed by atoms with Gasteiger partial charge in [-0.15, -0.1) is 0 Å². The monoisotopic (exact) mass is 443 g/mol. The zero-order valence-electron chi connectivity index (χ0n) is 19.2. The summed E-state index contributed by atoms with van der Waals surface area (Å²) >= 11 is 0. The van der Waals surface area contributed by atoms with Crippen LogP contribution in [-0.4, -0.2) is 6.61 Å². The Bertz CT molecular complexity index is 1250. The van der Waals surface area contributed by atoms with E-state index < -0.39 is 0 Å². The molecule has 2 nitrogen and oxygen atoms in total. The van der Waals surface area contributed by atoms with Gasteiger partial charge in [-0.25, -0.2) is 0 Å². The van der Waals surface area contributed by atoms with Crippen LogP contribution in [0.15, 0.2) is 127 Å². The number of ether oxygens (including phenoxy) is 1. The van der Waals surface area contributed by atoms with Crippen LogP contribution in [0.25, 0.3) is 10.8 Å².